The van der Waals surface area contributed by atoms with Crippen molar-refractivity contribution in [2.75, 3.05) is 19.6 Å². The van der Waals surface area contributed by atoms with Gasteiger partial charge in [0.05, 0.1) is 22.8 Å². The van der Waals surface area contributed by atoms with E-state index < -0.39 is 16.0 Å². The highest BCUT2D eigenvalue weighted by Crippen LogP contribution is 2.25. The van der Waals surface area contributed by atoms with Crippen LogP contribution >= 0.6 is 0 Å². The molecule has 1 aliphatic rings. The van der Waals surface area contributed by atoms with Crippen LogP contribution in [0.4, 0.5) is 0 Å². The van der Waals surface area contributed by atoms with Gasteiger partial charge in [0.25, 0.3) is 0 Å². The van der Waals surface area contributed by atoms with Crippen LogP contribution in [0, 0.1) is 6.92 Å². The van der Waals surface area contributed by atoms with Crippen molar-refractivity contribution >= 4 is 16.0 Å². The minimum Gasteiger partial charge on any atom is -0.478 e. The summed E-state index contributed by atoms with van der Waals surface area (Å²) in [6.45, 7) is 3.59. The van der Waals surface area contributed by atoms with Crippen LogP contribution in [0.25, 0.3) is 0 Å². The second-order valence-electron chi connectivity index (χ2n) is 6.77. The molecular weight excluding hydrogens is 368 g/mol. The fourth-order valence-corrected chi connectivity index (χ4v) is 4.72. The number of hydrogen-bond acceptors (Lipinski definition) is 5. The van der Waals surface area contributed by atoms with Gasteiger partial charge >= 0.3 is 5.97 Å². The zero-order chi connectivity index (χ0) is 19.4. The minimum absolute atomic E-state index is 0.0146. The summed E-state index contributed by atoms with van der Waals surface area (Å²) < 4.78 is 33.8. The summed E-state index contributed by atoms with van der Waals surface area (Å²) in [7, 11) is -3.85. The van der Waals surface area contributed by atoms with E-state index in [0.29, 0.717) is 5.56 Å². The van der Waals surface area contributed by atoms with Gasteiger partial charge < -0.3 is 9.52 Å². The number of likely N-dealkylation sites (tertiary alicyclic amines) is 1. The SMILES string of the molecule is Cc1ccc(C(=O)O)cc1S(=O)(=O)NCC(c1ccco1)N1CCCCC1. The smallest absolute Gasteiger partial charge is 0.335 e. The van der Waals surface area contributed by atoms with Crippen molar-refractivity contribution in [1.82, 2.24) is 9.62 Å². The molecule has 146 valence electrons. The highest BCUT2D eigenvalue weighted by molar-refractivity contribution is 7.89. The molecule has 1 aliphatic heterocycles. The number of sulfonamides is 1. The lowest BCUT2D eigenvalue weighted by Crippen LogP contribution is -2.40. The quantitative estimate of drug-likeness (QED) is 0.752. The predicted octanol–water partition coefficient (Wildman–Crippen LogP) is 2.79. The van der Waals surface area contributed by atoms with Crippen molar-refractivity contribution in [3.05, 3.63) is 53.5 Å². The second-order valence-corrected chi connectivity index (χ2v) is 8.50. The number of carboxylic acid groups (broad SMARTS) is 1. The van der Waals surface area contributed by atoms with Crippen LogP contribution in [0.15, 0.2) is 45.9 Å². The Hall–Kier alpha value is -2.16. The van der Waals surface area contributed by atoms with Crippen LogP contribution in [-0.4, -0.2) is 44.0 Å². The number of piperidine rings is 1. The summed E-state index contributed by atoms with van der Waals surface area (Å²) in [5, 5.41) is 9.14. The number of benzene rings is 1. The molecule has 3 rings (SSSR count). The highest BCUT2D eigenvalue weighted by atomic mass is 32.2. The maximum absolute atomic E-state index is 12.8. The maximum Gasteiger partial charge on any atom is 0.335 e. The van der Waals surface area contributed by atoms with Crippen LogP contribution in [0.1, 0.15) is 47.0 Å². The summed E-state index contributed by atoms with van der Waals surface area (Å²) >= 11 is 0. The van der Waals surface area contributed by atoms with E-state index in [1.54, 1.807) is 19.3 Å². The zero-order valence-electron chi connectivity index (χ0n) is 15.2. The fraction of sp³-hybridized carbons (Fsp3) is 0.421. The van der Waals surface area contributed by atoms with Gasteiger partial charge in [-0.15, -0.1) is 0 Å². The first-order chi connectivity index (χ1) is 12.9. The summed E-state index contributed by atoms with van der Waals surface area (Å²) in [6, 6.07) is 7.55. The summed E-state index contributed by atoms with van der Waals surface area (Å²) in [4.78, 5) is 13.4. The summed E-state index contributed by atoms with van der Waals surface area (Å²) in [5.41, 5.74) is 0.444. The van der Waals surface area contributed by atoms with E-state index in [1.165, 1.54) is 24.6 Å². The highest BCUT2D eigenvalue weighted by Gasteiger charge is 2.27. The van der Waals surface area contributed by atoms with Gasteiger partial charge in [-0.3, -0.25) is 4.90 Å². The standard InChI is InChI=1S/C19H24N2O5S/c1-14-7-8-15(19(22)23)12-18(14)27(24,25)20-13-16(17-6-5-11-26-17)21-9-3-2-4-10-21/h5-8,11-12,16,20H,2-4,9-10,13H2,1H3,(H,22,23). The molecule has 1 aromatic carbocycles. The van der Waals surface area contributed by atoms with E-state index >= 15 is 0 Å². The third-order valence-corrected chi connectivity index (χ3v) is 6.46. The first kappa shape index (κ1) is 19.6. The molecule has 1 saturated heterocycles. The van der Waals surface area contributed by atoms with Crippen LogP contribution in [-0.2, 0) is 10.0 Å². The van der Waals surface area contributed by atoms with Gasteiger partial charge in [-0.25, -0.2) is 17.9 Å². The van der Waals surface area contributed by atoms with Crippen molar-refractivity contribution in [2.45, 2.75) is 37.1 Å². The lowest BCUT2D eigenvalue weighted by Gasteiger charge is -2.33. The van der Waals surface area contributed by atoms with Crippen LogP contribution in [0.2, 0.25) is 0 Å². The molecule has 1 aromatic heterocycles. The van der Waals surface area contributed by atoms with E-state index in [9.17, 15) is 13.2 Å². The number of nitrogens with one attached hydrogen (secondary N) is 1. The zero-order valence-corrected chi connectivity index (χ0v) is 16.0. The third kappa shape index (κ3) is 4.58. The lowest BCUT2D eigenvalue weighted by molar-refractivity contribution is 0.0696. The predicted molar refractivity (Wildman–Crippen MR) is 100 cm³/mol. The van der Waals surface area contributed by atoms with Crippen molar-refractivity contribution in [2.24, 2.45) is 0 Å². The molecule has 0 bridgehead atoms. The van der Waals surface area contributed by atoms with Gasteiger partial charge in [0.15, 0.2) is 0 Å². The molecule has 0 spiro atoms. The Labute approximate surface area is 159 Å². The van der Waals surface area contributed by atoms with E-state index in [1.807, 2.05) is 6.07 Å². The molecule has 27 heavy (non-hydrogen) atoms. The van der Waals surface area contributed by atoms with Gasteiger partial charge in [-0.05, 0) is 62.7 Å². The van der Waals surface area contributed by atoms with Gasteiger partial charge in [-0.1, -0.05) is 12.5 Å². The number of furan rings is 1. The van der Waals surface area contributed by atoms with Gasteiger partial charge in [0.2, 0.25) is 10.0 Å². The Morgan fingerprint density at radius 1 is 1.26 bits per heavy atom. The number of aryl methyl sites for hydroxylation is 1. The number of carbonyl (C=O) groups is 1. The molecule has 2 heterocycles. The van der Waals surface area contributed by atoms with Gasteiger partial charge in [-0.2, -0.15) is 0 Å². The normalized spacial score (nSPS) is 16.9. The minimum atomic E-state index is -3.85. The third-order valence-electron chi connectivity index (χ3n) is 4.89. The van der Waals surface area contributed by atoms with E-state index in [2.05, 4.69) is 9.62 Å². The number of nitrogens with zero attached hydrogens (tertiary/aromatic N) is 1. The second kappa shape index (κ2) is 8.24. The molecule has 0 aliphatic carbocycles. The average Bonchev–Trinajstić information content (AvgIpc) is 3.17. The molecule has 1 fully saturated rings. The average molecular weight is 392 g/mol. The molecule has 0 radical (unpaired) electrons. The Bertz CT molecular complexity index is 887. The Morgan fingerprint density at radius 3 is 2.63 bits per heavy atom. The molecular formula is C19H24N2O5S. The molecule has 7 nitrogen and oxygen atoms in total. The Balaban J connectivity index is 1.82. The van der Waals surface area contributed by atoms with Crippen molar-refractivity contribution < 1.29 is 22.7 Å². The molecule has 2 aromatic rings. The Morgan fingerprint density at radius 2 is 2.00 bits per heavy atom. The lowest BCUT2D eigenvalue weighted by atomic mass is 10.1. The van der Waals surface area contributed by atoms with Crippen molar-refractivity contribution in [1.29, 1.82) is 0 Å². The fourth-order valence-electron chi connectivity index (χ4n) is 3.41. The molecule has 1 unspecified atom stereocenters. The van der Waals surface area contributed by atoms with Crippen LogP contribution in [0.3, 0.4) is 0 Å². The molecule has 0 amide bonds. The maximum atomic E-state index is 12.8. The van der Waals surface area contributed by atoms with Gasteiger partial charge in [0.1, 0.15) is 5.76 Å². The van der Waals surface area contributed by atoms with E-state index in [4.69, 9.17) is 9.52 Å². The van der Waals surface area contributed by atoms with Gasteiger partial charge in [0, 0.05) is 6.54 Å². The number of aromatic carboxylic acids is 1. The summed E-state index contributed by atoms with van der Waals surface area (Å²) in [5.74, 6) is -0.441. The van der Waals surface area contributed by atoms with Crippen LogP contribution < -0.4 is 4.72 Å². The molecule has 2 N–H and O–H groups in total. The molecule has 8 heteroatoms. The van der Waals surface area contributed by atoms with E-state index in [-0.39, 0.29) is 23.0 Å². The van der Waals surface area contributed by atoms with Crippen molar-refractivity contribution in [3.63, 3.8) is 0 Å². The number of hydrogen-bond donors (Lipinski definition) is 2. The monoisotopic (exact) mass is 392 g/mol. The Kier molecular flexibility index (Phi) is 5.98. The summed E-state index contributed by atoms with van der Waals surface area (Å²) in [6.07, 6.45) is 4.91. The first-order valence-electron chi connectivity index (χ1n) is 8.99. The number of rotatable bonds is 7. The largest absolute Gasteiger partial charge is 0.478 e. The van der Waals surface area contributed by atoms with Crippen molar-refractivity contribution in [3.8, 4) is 0 Å². The first-order valence-corrected chi connectivity index (χ1v) is 10.5. The molecule has 0 saturated carbocycles. The topological polar surface area (TPSA) is 99.8 Å². The van der Waals surface area contributed by atoms with Crippen LogP contribution in [0.5, 0.6) is 0 Å². The van der Waals surface area contributed by atoms with E-state index in [0.717, 1.165) is 31.7 Å². The number of carboxylic acids is 1. The molecule has 1 atom stereocenters.